The second-order valence-electron chi connectivity index (χ2n) is 10.7. The molecule has 13 heteroatoms. The summed E-state index contributed by atoms with van der Waals surface area (Å²) in [4.78, 5) is 17.3. The molecule has 0 saturated carbocycles. The Kier molecular flexibility index (Phi) is 7.88. The number of rotatable bonds is 8. The third kappa shape index (κ3) is 5.11. The molecule has 0 saturated heterocycles. The monoisotopic (exact) mass is 617 g/mol. The van der Waals surface area contributed by atoms with Crippen LogP contribution in [0.5, 0.6) is 5.75 Å². The summed E-state index contributed by atoms with van der Waals surface area (Å²) in [7, 11) is -3.93. The summed E-state index contributed by atoms with van der Waals surface area (Å²) in [5.41, 5.74) is 2.62. The summed E-state index contributed by atoms with van der Waals surface area (Å²) in [5, 5.41) is 18.9. The molecule has 0 bridgehead atoms. The maximum Gasteiger partial charge on any atom is 0.310 e. The van der Waals surface area contributed by atoms with Crippen LogP contribution in [0, 0.1) is 12.3 Å². The summed E-state index contributed by atoms with van der Waals surface area (Å²) in [6, 6.07) is 7.25. The molecule has 4 aromatic rings. The Hall–Kier alpha value is -3.06. The molecule has 0 amide bonds. The maximum atomic E-state index is 13.7. The van der Waals surface area contributed by atoms with Crippen molar-refractivity contribution in [2.75, 3.05) is 6.54 Å². The first-order valence-electron chi connectivity index (χ1n) is 13.3. The number of aliphatic carboxylic acids is 1. The fourth-order valence-electron chi connectivity index (χ4n) is 5.32. The number of nitrogens with zero attached hydrogens (tertiary/aromatic N) is 5. The van der Waals surface area contributed by atoms with Gasteiger partial charge in [0.05, 0.1) is 28.0 Å². The predicted octanol–water partition coefficient (Wildman–Crippen LogP) is 5.47. The van der Waals surface area contributed by atoms with Gasteiger partial charge in [-0.15, -0.1) is 16.4 Å². The van der Waals surface area contributed by atoms with Crippen LogP contribution in [0.25, 0.3) is 11.0 Å². The fraction of sp³-hybridized carbons (Fsp3) is 0.429. The highest BCUT2D eigenvalue weighted by Crippen LogP contribution is 2.48. The Morgan fingerprint density at radius 1 is 1.29 bits per heavy atom. The molecule has 5 rings (SSSR count). The lowest BCUT2D eigenvalue weighted by Gasteiger charge is -2.31. The first kappa shape index (κ1) is 29.4. The standard InChI is InChI=1S/C28H32ClN5O5S2/c1-6-18-15-33(41(37,38)23-13-30-11-10-21(23)39-18)14-17-12-22(40-26(17)29)24(28(4,5)27(35)36)19-8-9-20-25(16(19)3)31-32-34(20)7-2/h8-13,18,24H,6-7,14-15H2,1-5H3,(H,35,36)/t18-,24+/m1/s1. The quantitative estimate of drug-likeness (QED) is 0.276. The summed E-state index contributed by atoms with van der Waals surface area (Å²) in [6.07, 6.45) is 3.06. The highest BCUT2D eigenvalue weighted by Gasteiger charge is 2.42. The van der Waals surface area contributed by atoms with Crippen molar-refractivity contribution in [1.29, 1.82) is 0 Å². The van der Waals surface area contributed by atoms with E-state index in [4.69, 9.17) is 16.3 Å². The number of aryl methyl sites for hydroxylation is 2. The Morgan fingerprint density at radius 3 is 2.73 bits per heavy atom. The van der Waals surface area contributed by atoms with Crippen LogP contribution in [0.15, 0.2) is 41.6 Å². The zero-order chi connectivity index (χ0) is 29.7. The average molecular weight is 618 g/mol. The van der Waals surface area contributed by atoms with Crippen LogP contribution >= 0.6 is 22.9 Å². The van der Waals surface area contributed by atoms with E-state index in [1.165, 1.54) is 28.0 Å². The number of hydrogen-bond acceptors (Lipinski definition) is 8. The predicted molar refractivity (Wildman–Crippen MR) is 157 cm³/mol. The molecule has 0 spiro atoms. The van der Waals surface area contributed by atoms with Crippen molar-refractivity contribution in [2.45, 2.75) is 71.0 Å². The Labute approximate surface area is 248 Å². The van der Waals surface area contributed by atoms with E-state index < -0.39 is 27.3 Å². The minimum Gasteiger partial charge on any atom is -0.488 e. The highest BCUT2D eigenvalue weighted by atomic mass is 35.5. The molecular weight excluding hydrogens is 586 g/mol. The summed E-state index contributed by atoms with van der Waals surface area (Å²) in [6.45, 7) is 10.0. The smallest absolute Gasteiger partial charge is 0.310 e. The second kappa shape index (κ2) is 11.0. The minimum absolute atomic E-state index is 0.00885. The number of hydrogen-bond donors (Lipinski definition) is 1. The van der Waals surface area contributed by atoms with Gasteiger partial charge in [0.25, 0.3) is 0 Å². The van der Waals surface area contributed by atoms with E-state index in [-0.39, 0.29) is 29.8 Å². The number of carbonyl (C=O) groups is 1. The molecule has 41 heavy (non-hydrogen) atoms. The van der Waals surface area contributed by atoms with E-state index in [9.17, 15) is 18.3 Å². The maximum absolute atomic E-state index is 13.7. The lowest BCUT2D eigenvalue weighted by Crippen LogP contribution is -2.36. The van der Waals surface area contributed by atoms with Crippen LogP contribution in [-0.2, 0) is 27.9 Å². The number of aromatic nitrogens is 4. The van der Waals surface area contributed by atoms with Gasteiger partial charge in [-0.2, -0.15) is 4.31 Å². The average Bonchev–Trinajstić information content (AvgIpc) is 3.49. The van der Waals surface area contributed by atoms with E-state index in [1.807, 2.05) is 39.0 Å². The number of pyridine rings is 1. The number of fused-ring (bicyclic) bond motifs is 2. The Bertz CT molecular complexity index is 1730. The van der Waals surface area contributed by atoms with Gasteiger partial charge in [0, 0.05) is 30.1 Å². The van der Waals surface area contributed by atoms with Crippen LogP contribution in [-0.4, -0.2) is 56.4 Å². The molecule has 10 nitrogen and oxygen atoms in total. The molecule has 3 aromatic heterocycles. The van der Waals surface area contributed by atoms with Gasteiger partial charge in [-0.05, 0) is 69.0 Å². The van der Waals surface area contributed by atoms with E-state index in [0.29, 0.717) is 28.4 Å². The molecular formula is C28H32ClN5O5S2. The van der Waals surface area contributed by atoms with Gasteiger partial charge >= 0.3 is 5.97 Å². The van der Waals surface area contributed by atoms with Crippen molar-refractivity contribution in [2.24, 2.45) is 5.41 Å². The van der Waals surface area contributed by atoms with Crippen LogP contribution in [0.4, 0.5) is 0 Å². The van der Waals surface area contributed by atoms with Crippen LogP contribution in [0.1, 0.15) is 61.6 Å². The van der Waals surface area contributed by atoms with Gasteiger partial charge in [0.15, 0.2) is 0 Å². The van der Waals surface area contributed by atoms with Crippen LogP contribution < -0.4 is 4.74 Å². The Morgan fingerprint density at radius 2 is 2.05 bits per heavy atom. The third-order valence-electron chi connectivity index (χ3n) is 7.79. The third-order valence-corrected chi connectivity index (χ3v) is 11.1. The van der Waals surface area contributed by atoms with E-state index in [0.717, 1.165) is 21.5 Å². The van der Waals surface area contributed by atoms with Crippen LogP contribution in [0.2, 0.25) is 4.34 Å². The first-order valence-corrected chi connectivity index (χ1v) is 16.0. The Balaban J connectivity index is 1.59. The van der Waals surface area contributed by atoms with Gasteiger partial charge in [-0.3, -0.25) is 9.78 Å². The normalized spacial score (nSPS) is 18.0. The zero-order valence-electron chi connectivity index (χ0n) is 23.5. The molecule has 0 unspecified atom stereocenters. The molecule has 0 radical (unpaired) electrons. The van der Waals surface area contributed by atoms with Gasteiger partial charge in [-0.25, -0.2) is 13.1 Å². The van der Waals surface area contributed by atoms with Gasteiger partial charge < -0.3 is 9.84 Å². The minimum atomic E-state index is -3.93. The topological polar surface area (TPSA) is 128 Å². The number of halogens is 1. The van der Waals surface area contributed by atoms with Gasteiger partial charge in [0.2, 0.25) is 10.0 Å². The van der Waals surface area contributed by atoms with E-state index >= 15 is 0 Å². The number of carboxylic acid groups (broad SMARTS) is 1. The number of benzene rings is 1. The van der Waals surface area contributed by atoms with E-state index in [2.05, 4.69) is 15.3 Å². The fourth-order valence-corrected chi connectivity index (χ4v) is 8.42. The highest BCUT2D eigenvalue weighted by molar-refractivity contribution is 7.89. The molecule has 2 atom stereocenters. The zero-order valence-corrected chi connectivity index (χ0v) is 25.8. The lowest BCUT2D eigenvalue weighted by molar-refractivity contribution is -0.147. The van der Waals surface area contributed by atoms with Crippen molar-refractivity contribution < 1.29 is 23.1 Å². The number of ether oxygens (including phenoxy) is 1. The van der Waals surface area contributed by atoms with E-state index in [1.54, 1.807) is 24.6 Å². The number of carboxylic acids is 1. The summed E-state index contributed by atoms with van der Waals surface area (Å²) >= 11 is 8.03. The largest absolute Gasteiger partial charge is 0.488 e. The summed E-state index contributed by atoms with van der Waals surface area (Å²) in [5.74, 6) is -1.27. The van der Waals surface area contributed by atoms with Crippen LogP contribution in [0.3, 0.4) is 0 Å². The second-order valence-corrected chi connectivity index (χ2v) is 14.3. The summed E-state index contributed by atoms with van der Waals surface area (Å²) < 4.78 is 36.9. The van der Waals surface area contributed by atoms with Crippen molar-refractivity contribution in [3.63, 3.8) is 0 Å². The molecule has 218 valence electrons. The van der Waals surface area contributed by atoms with Crippen molar-refractivity contribution in [3.05, 3.63) is 62.6 Å². The number of sulfonamides is 1. The first-order chi connectivity index (χ1) is 19.4. The molecule has 1 aromatic carbocycles. The molecule has 0 fully saturated rings. The molecule has 1 aliphatic heterocycles. The van der Waals surface area contributed by atoms with Crippen molar-refractivity contribution in [1.82, 2.24) is 24.3 Å². The lowest BCUT2D eigenvalue weighted by atomic mass is 9.72. The number of thiophene rings is 1. The van der Waals surface area contributed by atoms with Gasteiger partial charge in [0.1, 0.15) is 22.3 Å². The van der Waals surface area contributed by atoms with Crippen molar-refractivity contribution in [3.8, 4) is 5.75 Å². The SMILES string of the molecule is CC[C@@H]1CN(Cc2cc([C@H](c3ccc4c(nnn4CC)c3C)C(C)(C)C(=O)O)sc2Cl)S(=O)(=O)c2cnccc2O1. The molecule has 0 aliphatic carbocycles. The van der Waals surface area contributed by atoms with Crippen molar-refractivity contribution >= 4 is 50.0 Å². The van der Waals surface area contributed by atoms with Gasteiger partial charge in [-0.1, -0.05) is 29.8 Å². The molecule has 1 aliphatic rings. The molecule has 1 N–H and O–H groups in total. The molecule has 4 heterocycles.